The lowest BCUT2D eigenvalue weighted by Gasteiger charge is -2.17. The number of rotatable bonds is 3. The molecular weight excluding hydrogens is 266 g/mol. The van der Waals surface area contributed by atoms with Gasteiger partial charge in [0.2, 0.25) is 5.91 Å². The van der Waals surface area contributed by atoms with Gasteiger partial charge in [-0.05, 0) is 24.1 Å². The summed E-state index contributed by atoms with van der Waals surface area (Å²) >= 11 is 3.40. The van der Waals surface area contributed by atoms with Crippen molar-refractivity contribution in [3.8, 4) is 0 Å². The molecule has 0 aliphatic carbocycles. The number of carbonyl (C=O) groups is 1. The molecule has 1 amide bonds. The second-order valence-electron chi connectivity index (χ2n) is 4.84. The lowest BCUT2D eigenvalue weighted by molar-refractivity contribution is -0.123. The van der Waals surface area contributed by atoms with E-state index in [4.69, 9.17) is 0 Å². The summed E-state index contributed by atoms with van der Waals surface area (Å²) in [4.78, 5) is 11.7. The van der Waals surface area contributed by atoms with Crippen LogP contribution in [0.4, 0.5) is 5.69 Å². The number of hydrogen-bond acceptors (Lipinski definition) is 1. The Hall–Kier alpha value is -0.830. The highest BCUT2D eigenvalue weighted by Gasteiger charge is 2.20. The van der Waals surface area contributed by atoms with Crippen LogP contribution in [0, 0.1) is 5.41 Å². The normalized spacial score (nSPS) is 11.2. The van der Waals surface area contributed by atoms with Crippen molar-refractivity contribution < 1.29 is 4.79 Å². The van der Waals surface area contributed by atoms with Crippen LogP contribution >= 0.6 is 15.9 Å². The summed E-state index contributed by atoms with van der Waals surface area (Å²) < 4.78 is 0. The topological polar surface area (TPSA) is 29.1 Å². The van der Waals surface area contributed by atoms with Gasteiger partial charge >= 0.3 is 0 Å². The Morgan fingerprint density at radius 2 is 1.81 bits per heavy atom. The summed E-state index contributed by atoms with van der Waals surface area (Å²) in [5, 5.41) is 3.86. The van der Waals surface area contributed by atoms with Gasteiger partial charge in [0, 0.05) is 16.4 Å². The molecule has 0 aromatic heterocycles. The van der Waals surface area contributed by atoms with E-state index in [1.807, 2.05) is 45.0 Å². The quantitative estimate of drug-likeness (QED) is 0.844. The van der Waals surface area contributed by atoms with Crippen LogP contribution in [0.2, 0.25) is 0 Å². The fraction of sp³-hybridized carbons (Fsp3) is 0.462. The molecule has 1 rings (SSSR count). The minimum atomic E-state index is -0.353. The van der Waals surface area contributed by atoms with Crippen molar-refractivity contribution in [3.05, 3.63) is 29.8 Å². The monoisotopic (exact) mass is 283 g/mol. The van der Waals surface area contributed by atoms with Crippen molar-refractivity contribution in [2.24, 2.45) is 5.41 Å². The third-order valence-electron chi connectivity index (χ3n) is 2.28. The molecule has 88 valence electrons. The molecule has 0 aliphatic heterocycles. The Kier molecular flexibility index (Phi) is 4.54. The highest BCUT2D eigenvalue weighted by molar-refractivity contribution is 9.09. The molecule has 0 radical (unpaired) electrons. The number of hydrogen-bond donors (Lipinski definition) is 1. The molecule has 1 aromatic carbocycles. The molecule has 0 unspecified atom stereocenters. The van der Waals surface area contributed by atoms with E-state index in [1.54, 1.807) is 0 Å². The van der Waals surface area contributed by atoms with Crippen LogP contribution in [-0.4, -0.2) is 11.2 Å². The zero-order valence-electron chi connectivity index (χ0n) is 10.0. The van der Waals surface area contributed by atoms with Crippen molar-refractivity contribution in [2.45, 2.75) is 27.2 Å². The summed E-state index contributed by atoms with van der Waals surface area (Å²) in [6.45, 7) is 5.71. The Bertz CT molecular complexity index is 351. The standard InChI is InChI=1S/C13H18BrNO/c1-13(2,3)12(16)15-11-6-4-10(5-7-11)8-9-14/h4-7H,8-9H2,1-3H3,(H,15,16). The van der Waals surface area contributed by atoms with Gasteiger partial charge < -0.3 is 5.32 Å². The SMILES string of the molecule is CC(C)(C)C(=O)Nc1ccc(CCBr)cc1. The number of nitrogens with one attached hydrogen (secondary N) is 1. The van der Waals surface area contributed by atoms with E-state index in [9.17, 15) is 4.79 Å². The molecule has 0 fully saturated rings. The maximum atomic E-state index is 11.7. The maximum absolute atomic E-state index is 11.7. The van der Waals surface area contributed by atoms with Gasteiger partial charge in [0.15, 0.2) is 0 Å². The van der Waals surface area contributed by atoms with Crippen molar-refractivity contribution in [1.82, 2.24) is 0 Å². The fourth-order valence-electron chi connectivity index (χ4n) is 1.18. The van der Waals surface area contributed by atoms with Crippen LogP contribution in [0.25, 0.3) is 0 Å². The Morgan fingerprint density at radius 1 is 1.25 bits per heavy atom. The van der Waals surface area contributed by atoms with Gasteiger partial charge in [0.05, 0.1) is 0 Å². The summed E-state index contributed by atoms with van der Waals surface area (Å²) in [5.41, 5.74) is 1.78. The first-order valence-electron chi connectivity index (χ1n) is 5.40. The average Bonchev–Trinajstić information content (AvgIpc) is 2.20. The number of halogens is 1. The predicted octanol–water partition coefficient (Wildman–Crippen LogP) is 3.61. The number of anilines is 1. The minimum absolute atomic E-state index is 0.0424. The molecule has 3 heteroatoms. The largest absolute Gasteiger partial charge is 0.326 e. The highest BCUT2D eigenvalue weighted by atomic mass is 79.9. The Morgan fingerprint density at radius 3 is 2.25 bits per heavy atom. The molecule has 0 heterocycles. The van der Waals surface area contributed by atoms with E-state index in [-0.39, 0.29) is 11.3 Å². The molecule has 0 saturated heterocycles. The van der Waals surface area contributed by atoms with Crippen LogP contribution in [-0.2, 0) is 11.2 Å². The zero-order chi connectivity index (χ0) is 12.2. The van der Waals surface area contributed by atoms with Crippen LogP contribution in [0.1, 0.15) is 26.3 Å². The first-order chi connectivity index (χ1) is 7.43. The summed E-state index contributed by atoms with van der Waals surface area (Å²) in [6, 6.07) is 7.97. The summed E-state index contributed by atoms with van der Waals surface area (Å²) in [7, 11) is 0. The van der Waals surface area contributed by atoms with Crippen LogP contribution in [0.3, 0.4) is 0 Å². The molecule has 0 atom stereocenters. The van der Waals surface area contributed by atoms with Gasteiger partial charge in [-0.2, -0.15) is 0 Å². The smallest absolute Gasteiger partial charge is 0.229 e. The van der Waals surface area contributed by atoms with E-state index in [2.05, 4.69) is 21.2 Å². The van der Waals surface area contributed by atoms with Gasteiger partial charge in [-0.15, -0.1) is 0 Å². The van der Waals surface area contributed by atoms with Crippen molar-refractivity contribution in [2.75, 3.05) is 10.6 Å². The zero-order valence-corrected chi connectivity index (χ0v) is 11.6. The third kappa shape index (κ3) is 3.97. The molecule has 0 bridgehead atoms. The molecule has 0 saturated carbocycles. The maximum Gasteiger partial charge on any atom is 0.229 e. The number of alkyl halides is 1. The third-order valence-corrected chi connectivity index (χ3v) is 2.67. The molecule has 0 spiro atoms. The fourth-order valence-corrected chi connectivity index (χ4v) is 1.64. The number of aryl methyl sites for hydroxylation is 1. The van der Waals surface area contributed by atoms with E-state index >= 15 is 0 Å². The Balaban J connectivity index is 2.65. The van der Waals surface area contributed by atoms with Crippen LogP contribution < -0.4 is 5.32 Å². The van der Waals surface area contributed by atoms with Gasteiger partial charge in [-0.1, -0.05) is 48.8 Å². The number of amides is 1. The van der Waals surface area contributed by atoms with Crippen molar-refractivity contribution in [3.63, 3.8) is 0 Å². The summed E-state index contributed by atoms with van der Waals surface area (Å²) in [5.74, 6) is 0.0424. The van der Waals surface area contributed by atoms with Gasteiger partial charge in [0.1, 0.15) is 0 Å². The molecular formula is C13H18BrNO. The second-order valence-corrected chi connectivity index (χ2v) is 5.63. The molecule has 1 N–H and O–H groups in total. The molecule has 0 aliphatic rings. The second kappa shape index (κ2) is 5.48. The van der Waals surface area contributed by atoms with E-state index in [1.165, 1.54) is 5.56 Å². The first-order valence-corrected chi connectivity index (χ1v) is 6.52. The number of benzene rings is 1. The minimum Gasteiger partial charge on any atom is -0.326 e. The van der Waals surface area contributed by atoms with Crippen molar-refractivity contribution in [1.29, 1.82) is 0 Å². The molecule has 1 aromatic rings. The molecule has 16 heavy (non-hydrogen) atoms. The Labute approximate surface area is 106 Å². The van der Waals surface area contributed by atoms with Crippen LogP contribution in [0.5, 0.6) is 0 Å². The lowest BCUT2D eigenvalue weighted by atomic mass is 9.95. The first kappa shape index (κ1) is 13.2. The van der Waals surface area contributed by atoms with Gasteiger partial charge in [-0.3, -0.25) is 4.79 Å². The van der Waals surface area contributed by atoms with E-state index in [0.717, 1.165) is 17.4 Å². The van der Waals surface area contributed by atoms with E-state index in [0.29, 0.717) is 0 Å². The molecule has 2 nitrogen and oxygen atoms in total. The van der Waals surface area contributed by atoms with Crippen molar-refractivity contribution >= 4 is 27.5 Å². The highest BCUT2D eigenvalue weighted by Crippen LogP contribution is 2.17. The van der Waals surface area contributed by atoms with E-state index < -0.39 is 0 Å². The van der Waals surface area contributed by atoms with Gasteiger partial charge in [-0.25, -0.2) is 0 Å². The van der Waals surface area contributed by atoms with Gasteiger partial charge in [0.25, 0.3) is 0 Å². The summed E-state index contributed by atoms with van der Waals surface area (Å²) in [6.07, 6.45) is 1.01. The number of carbonyl (C=O) groups excluding carboxylic acids is 1. The predicted molar refractivity (Wildman–Crippen MR) is 72.0 cm³/mol. The average molecular weight is 284 g/mol. The lowest BCUT2D eigenvalue weighted by Crippen LogP contribution is -2.27. The van der Waals surface area contributed by atoms with Crippen LogP contribution in [0.15, 0.2) is 24.3 Å².